The maximum absolute atomic E-state index is 10.6. The Kier molecular flexibility index (Phi) is 4.76. The molecule has 0 radical (unpaired) electrons. The lowest BCUT2D eigenvalue weighted by Gasteiger charge is -2.25. The maximum Gasteiger partial charge on any atom is 0.165 e. The third-order valence-electron chi connectivity index (χ3n) is 4.48. The molecule has 0 aliphatic carbocycles. The highest BCUT2D eigenvalue weighted by Gasteiger charge is 2.24. The van der Waals surface area contributed by atoms with Gasteiger partial charge in [-0.05, 0) is 18.4 Å². The average molecular weight is 325 g/mol. The Morgan fingerprint density at radius 1 is 1.08 bits per heavy atom. The minimum Gasteiger partial charge on any atom is -0.388 e. The molecule has 2 N–H and O–H groups in total. The molecule has 0 saturated heterocycles. The number of fused-ring (bicyclic) bond motifs is 1. The van der Waals surface area contributed by atoms with Crippen LogP contribution in [0, 0.1) is 0 Å². The van der Waals surface area contributed by atoms with Gasteiger partial charge in [-0.3, -0.25) is 0 Å². The number of anilines is 1. The summed E-state index contributed by atoms with van der Waals surface area (Å²) in [6, 6.07) is 10.1. The first-order valence-electron chi connectivity index (χ1n) is 8.31. The molecule has 0 bridgehead atoms. The van der Waals surface area contributed by atoms with Gasteiger partial charge in [-0.2, -0.15) is 0 Å². The van der Waals surface area contributed by atoms with Gasteiger partial charge in [0.05, 0.1) is 18.5 Å². The number of hydrogen-bond donors (Lipinski definition) is 2. The summed E-state index contributed by atoms with van der Waals surface area (Å²) in [6.07, 6.45) is 4.63. The molecule has 0 aliphatic heterocycles. The SMILES string of the molecule is CCC(O)(CC)Cn1cnc2c(NCc3ccccc3)ncnc21. The fraction of sp³-hybridized carbons (Fsp3) is 0.389. The monoisotopic (exact) mass is 325 g/mol. The lowest BCUT2D eigenvalue weighted by atomic mass is 9.97. The molecule has 0 amide bonds. The number of rotatable bonds is 7. The quantitative estimate of drug-likeness (QED) is 0.698. The van der Waals surface area contributed by atoms with E-state index in [1.165, 1.54) is 11.9 Å². The summed E-state index contributed by atoms with van der Waals surface area (Å²) in [6.45, 7) is 5.13. The first kappa shape index (κ1) is 16.4. The second-order valence-electron chi connectivity index (χ2n) is 6.04. The summed E-state index contributed by atoms with van der Waals surface area (Å²) in [4.78, 5) is 13.1. The van der Waals surface area contributed by atoms with E-state index >= 15 is 0 Å². The smallest absolute Gasteiger partial charge is 0.165 e. The Bertz CT molecular complexity index is 796. The van der Waals surface area contributed by atoms with Crippen LogP contribution in [0.5, 0.6) is 0 Å². The minimum absolute atomic E-state index is 0.478. The molecular weight excluding hydrogens is 302 g/mol. The molecule has 2 heterocycles. The Morgan fingerprint density at radius 2 is 1.83 bits per heavy atom. The molecule has 3 rings (SSSR count). The van der Waals surface area contributed by atoms with Gasteiger partial charge in [0.25, 0.3) is 0 Å². The van der Waals surface area contributed by atoms with Crippen molar-refractivity contribution in [3.8, 4) is 0 Å². The Morgan fingerprint density at radius 3 is 2.54 bits per heavy atom. The molecule has 0 unspecified atom stereocenters. The van der Waals surface area contributed by atoms with Crippen molar-refractivity contribution in [1.82, 2.24) is 19.5 Å². The van der Waals surface area contributed by atoms with E-state index in [-0.39, 0.29) is 0 Å². The van der Waals surface area contributed by atoms with E-state index in [1.807, 2.05) is 36.6 Å². The highest BCUT2D eigenvalue weighted by Crippen LogP contribution is 2.22. The zero-order chi connectivity index (χ0) is 17.0. The van der Waals surface area contributed by atoms with Gasteiger partial charge in [-0.25, -0.2) is 15.0 Å². The molecule has 0 aliphatic rings. The number of aromatic nitrogens is 4. The summed E-state index contributed by atoms with van der Waals surface area (Å²) in [5.41, 5.74) is 1.90. The highest BCUT2D eigenvalue weighted by molar-refractivity contribution is 5.82. The zero-order valence-electron chi connectivity index (χ0n) is 14.1. The Balaban J connectivity index is 1.84. The summed E-state index contributed by atoms with van der Waals surface area (Å²) >= 11 is 0. The number of aliphatic hydroxyl groups is 1. The van der Waals surface area contributed by atoms with Crippen LogP contribution in [-0.4, -0.2) is 30.2 Å². The van der Waals surface area contributed by atoms with Gasteiger partial charge in [0, 0.05) is 6.54 Å². The number of nitrogens with zero attached hydrogens (tertiary/aromatic N) is 4. The third kappa shape index (κ3) is 3.38. The second kappa shape index (κ2) is 6.97. The third-order valence-corrected chi connectivity index (χ3v) is 4.48. The van der Waals surface area contributed by atoms with E-state index in [2.05, 4.69) is 32.4 Å². The van der Waals surface area contributed by atoms with Crippen LogP contribution in [-0.2, 0) is 13.1 Å². The number of nitrogens with one attached hydrogen (secondary N) is 1. The molecule has 24 heavy (non-hydrogen) atoms. The van der Waals surface area contributed by atoms with Crippen molar-refractivity contribution in [3.63, 3.8) is 0 Å². The zero-order valence-corrected chi connectivity index (χ0v) is 14.1. The van der Waals surface area contributed by atoms with Gasteiger partial charge in [-0.1, -0.05) is 44.2 Å². The molecule has 6 heteroatoms. The molecule has 0 saturated carbocycles. The van der Waals surface area contributed by atoms with Gasteiger partial charge in [0.2, 0.25) is 0 Å². The van der Waals surface area contributed by atoms with Gasteiger partial charge in [0.15, 0.2) is 11.5 Å². The van der Waals surface area contributed by atoms with Crippen molar-refractivity contribution in [2.75, 3.05) is 5.32 Å². The van der Waals surface area contributed by atoms with Gasteiger partial charge < -0.3 is 15.0 Å². The minimum atomic E-state index is -0.740. The predicted molar refractivity (Wildman–Crippen MR) is 94.6 cm³/mol. The Labute approximate surface area is 141 Å². The molecular formula is C18H23N5O. The molecule has 1 aromatic carbocycles. The summed E-state index contributed by atoms with van der Waals surface area (Å²) in [5, 5.41) is 13.9. The number of imidazole rings is 1. The summed E-state index contributed by atoms with van der Waals surface area (Å²) in [5.74, 6) is 0.708. The lowest BCUT2D eigenvalue weighted by Crippen LogP contribution is -2.32. The molecule has 0 fully saturated rings. The van der Waals surface area contributed by atoms with Gasteiger partial charge >= 0.3 is 0 Å². The van der Waals surface area contributed by atoms with E-state index in [4.69, 9.17) is 0 Å². The number of hydrogen-bond acceptors (Lipinski definition) is 5. The molecule has 3 aromatic rings. The molecule has 126 valence electrons. The fourth-order valence-electron chi connectivity index (χ4n) is 2.70. The lowest BCUT2D eigenvalue weighted by molar-refractivity contribution is 0.0159. The van der Waals surface area contributed by atoms with Crippen molar-refractivity contribution >= 4 is 17.0 Å². The van der Waals surface area contributed by atoms with Gasteiger partial charge in [0.1, 0.15) is 11.8 Å². The van der Waals surface area contributed by atoms with Crippen molar-refractivity contribution < 1.29 is 5.11 Å². The van der Waals surface area contributed by atoms with Crippen molar-refractivity contribution in [2.45, 2.75) is 45.4 Å². The van der Waals surface area contributed by atoms with Crippen molar-refractivity contribution in [2.24, 2.45) is 0 Å². The second-order valence-corrected chi connectivity index (χ2v) is 6.04. The first-order valence-corrected chi connectivity index (χ1v) is 8.31. The van der Waals surface area contributed by atoms with E-state index < -0.39 is 5.60 Å². The molecule has 0 spiro atoms. The summed E-state index contributed by atoms with van der Waals surface area (Å²) < 4.78 is 1.90. The van der Waals surface area contributed by atoms with Crippen molar-refractivity contribution in [3.05, 3.63) is 48.5 Å². The van der Waals surface area contributed by atoms with E-state index in [9.17, 15) is 5.11 Å². The van der Waals surface area contributed by atoms with Crippen molar-refractivity contribution in [1.29, 1.82) is 0 Å². The topological polar surface area (TPSA) is 75.9 Å². The average Bonchev–Trinajstić information content (AvgIpc) is 3.04. The van der Waals surface area contributed by atoms with Crippen LogP contribution in [0.4, 0.5) is 5.82 Å². The molecule has 2 aromatic heterocycles. The van der Waals surface area contributed by atoms with E-state index in [0.717, 1.165) is 11.2 Å². The first-order chi connectivity index (χ1) is 11.6. The van der Waals surface area contributed by atoms with Crippen LogP contribution >= 0.6 is 0 Å². The Hall–Kier alpha value is -2.47. The maximum atomic E-state index is 10.6. The van der Waals surface area contributed by atoms with Crippen LogP contribution in [0.15, 0.2) is 43.0 Å². The van der Waals surface area contributed by atoms with E-state index in [1.54, 1.807) is 6.33 Å². The van der Waals surface area contributed by atoms with Crippen LogP contribution in [0.25, 0.3) is 11.2 Å². The van der Waals surface area contributed by atoms with Crippen LogP contribution < -0.4 is 5.32 Å². The predicted octanol–water partition coefficient (Wildman–Crippen LogP) is 2.99. The van der Waals surface area contributed by atoms with Gasteiger partial charge in [-0.15, -0.1) is 0 Å². The van der Waals surface area contributed by atoms with Crippen LogP contribution in [0.3, 0.4) is 0 Å². The number of benzene rings is 1. The molecule has 6 nitrogen and oxygen atoms in total. The summed E-state index contributed by atoms with van der Waals surface area (Å²) in [7, 11) is 0. The standard InChI is InChI=1S/C18H23N5O/c1-3-18(24,4-2)11-23-13-22-15-16(20-12-21-17(15)23)19-10-14-8-6-5-7-9-14/h5-9,12-13,24H,3-4,10-11H2,1-2H3,(H,19,20,21). The fourth-order valence-corrected chi connectivity index (χ4v) is 2.70. The normalized spacial score (nSPS) is 11.8. The van der Waals surface area contributed by atoms with E-state index in [0.29, 0.717) is 31.7 Å². The largest absolute Gasteiger partial charge is 0.388 e. The van der Waals surface area contributed by atoms with Crippen LogP contribution in [0.1, 0.15) is 32.3 Å². The molecule has 0 atom stereocenters. The highest BCUT2D eigenvalue weighted by atomic mass is 16.3. The van der Waals surface area contributed by atoms with Crippen LogP contribution in [0.2, 0.25) is 0 Å².